The molecule has 0 bridgehead atoms. The zero-order chi connectivity index (χ0) is 17.9. The highest BCUT2D eigenvalue weighted by Crippen LogP contribution is 2.31. The van der Waals surface area contributed by atoms with Crippen LogP contribution in [0.4, 0.5) is 0 Å². The minimum atomic E-state index is -0.514. The molecule has 1 atom stereocenters. The normalized spacial score (nSPS) is 12.2. The SMILES string of the molecule is O=c1cc(C(S)c2nnc(COc3ccccc3)o2)c2ccccc2[nH]1. The van der Waals surface area contributed by atoms with Gasteiger partial charge in [0.05, 0.1) is 0 Å². The first-order valence-electron chi connectivity index (χ1n) is 8.01. The Bertz CT molecular complexity index is 1090. The lowest BCUT2D eigenvalue weighted by atomic mass is 10.1. The van der Waals surface area contributed by atoms with Crippen molar-refractivity contribution in [2.24, 2.45) is 0 Å². The molecule has 0 spiro atoms. The number of thiol groups is 1. The van der Waals surface area contributed by atoms with Crippen LogP contribution in [-0.4, -0.2) is 15.2 Å². The predicted molar refractivity (Wildman–Crippen MR) is 100 cm³/mol. The Balaban J connectivity index is 1.59. The number of nitrogens with one attached hydrogen (secondary N) is 1. The molecule has 4 aromatic rings. The summed E-state index contributed by atoms with van der Waals surface area (Å²) in [5.41, 5.74) is 1.25. The Morgan fingerprint density at radius 1 is 1.08 bits per heavy atom. The number of rotatable bonds is 5. The Kier molecular flexibility index (Phi) is 4.45. The minimum Gasteiger partial charge on any atom is -0.484 e. The largest absolute Gasteiger partial charge is 0.484 e. The van der Waals surface area contributed by atoms with Gasteiger partial charge in [-0.3, -0.25) is 4.79 Å². The Morgan fingerprint density at radius 2 is 1.85 bits per heavy atom. The van der Waals surface area contributed by atoms with E-state index in [1.807, 2.05) is 54.6 Å². The van der Waals surface area contributed by atoms with Gasteiger partial charge in [0.2, 0.25) is 11.4 Å². The standard InChI is InChI=1S/C19H15N3O3S/c23-16-10-14(13-8-4-5-9-15(13)20-16)18(26)19-22-21-17(25-19)11-24-12-6-2-1-3-7-12/h1-10,18,26H,11H2,(H,20,23). The van der Waals surface area contributed by atoms with E-state index in [0.717, 1.165) is 16.7 Å². The fraction of sp³-hybridized carbons (Fsp3) is 0.105. The molecule has 130 valence electrons. The van der Waals surface area contributed by atoms with Gasteiger partial charge in [0.1, 0.15) is 11.0 Å². The van der Waals surface area contributed by atoms with Crippen LogP contribution >= 0.6 is 12.6 Å². The zero-order valence-corrected chi connectivity index (χ0v) is 14.5. The van der Waals surface area contributed by atoms with E-state index in [2.05, 4.69) is 27.8 Å². The van der Waals surface area contributed by atoms with Crippen LogP contribution in [0.2, 0.25) is 0 Å². The number of benzene rings is 2. The fourth-order valence-electron chi connectivity index (χ4n) is 2.69. The Morgan fingerprint density at radius 3 is 2.69 bits per heavy atom. The maximum atomic E-state index is 11.9. The number of aromatic nitrogens is 3. The first-order valence-corrected chi connectivity index (χ1v) is 8.52. The molecule has 0 fully saturated rings. The van der Waals surface area contributed by atoms with Crippen molar-refractivity contribution in [3.63, 3.8) is 0 Å². The quantitative estimate of drug-likeness (QED) is 0.529. The van der Waals surface area contributed by atoms with E-state index >= 15 is 0 Å². The molecule has 1 N–H and O–H groups in total. The van der Waals surface area contributed by atoms with Gasteiger partial charge in [0.15, 0.2) is 6.61 Å². The highest BCUT2D eigenvalue weighted by molar-refractivity contribution is 7.80. The molecule has 0 saturated carbocycles. The van der Waals surface area contributed by atoms with Crippen molar-refractivity contribution in [2.75, 3.05) is 0 Å². The van der Waals surface area contributed by atoms with Crippen LogP contribution in [0.3, 0.4) is 0 Å². The summed E-state index contributed by atoms with van der Waals surface area (Å²) in [6.45, 7) is 0.160. The molecule has 4 rings (SSSR count). The van der Waals surface area contributed by atoms with Crippen molar-refractivity contribution in [2.45, 2.75) is 11.9 Å². The summed E-state index contributed by atoms with van der Waals surface area (Å²) < 4.78 is 11.3. The topological polar surface area (TPSA) is 81.0 Å². The van der Waals surface area contributed by atoms with Gasteiger partial charge in [-0.15, -0.1) is 10.2 Å². The maximum Gasteiger partial charge on any atom is 0.253 e. The number of nitrogens with zero attached hydrogens (tertiary/aromatic N) is 2. The number of ether oxygens (including phenoxy) is 1. The number of hydrogen-bond acceptors (Lipinski definition) is 6. The molecule has 26 heavy (non-hydrogen) atoms. The van der Waals surface area contributed by atoms with E-state index in [9.17, 15) is 4.79 Å². The van der Waals surface area contributed by atoms with Crippen molar-refractivity contribution in [1.82, 2.24) is 15.2 Å². The van der Waals surface area contributed by atoms with E-state index in [4.69, 9.17) is 9.15 Å². The molecule has 7 heteroatoms. The lowest BCUT2D eigenvalue weighted by molar-refractivity contribution is 0.259. The monoisotopic (exact) mass is 365 g/mol. The van der Waals surface area contributed by atoms with Gasteiger partial charge in [-0.1, -0.05) is 36.4 Å². The third kappa shape index (κ3) is 3.34. The van der Waals surface area contributed by atoms with Crippen molar-refractivity contribution >= 4 is 23.5 Å². The maximum absolute atomic E-state index is 11.9. The lowest BCUT2D eigenvalue weighted by Gasteiger charge is -2.10. The second-order valence-corrected chi connectivity index (χ2v) is 6.19. The third-order valence-corrected chi connectivity index (χ3v) is 4.40. The number of hydrogen-bond donors (Lipinski definition) is 2. The summed E-state index contributed by atoms with van der Waals surface area (Å²) in [7, 11) is 0. The van der Waals surface area contributed by atoms with Crippen LogP contribution in [0.15, 0.2) is 69.9 Å². The molecule has 0 aliphatic carbocycles. The van der Waals surface area contributed by atoms with Gasteiger partial charge >= 0.3 is 0 Å². The molecule has 2 aromatic heterocycles. The van der Waals surface area contributed by atoms with Crippen LogP contribution in [0.25, 0.3) is 10.9 Å². The highest BCUT2D eigenvalue weighted by atomic mass is 32.1. The lowest BCUT2D eigenvalue weighted by Crippen LogP contribution is -2.08. The molecule has 1 unspecified atom stereocenters. The molecule has 2 aromatic carbocycles. The summed E-state index contributed by atoms with van der Waals surface area (Å²) in [5.74, 6) is 1.38. The number of fused-ring (bicyclic) bond motifs is 1. The second-order valence-electron chi connectivity index (χ2n) is 5.67. The minimum absolute atomic E-state index is 0.160. The van der Waals surface area contributed by atoms with Gasteiger partial charge in [0.25, 0.3) is 5.89 Å². The van der Waals surface area contributed by atoms with Gasteiger partial charge in [-0.05, 0) is 23.8 Å². The van der Waals surface area contributed by atoms with E-state index in [-0.39, 0.29) is 12.2 Å². The van der Waals surface area contributed by atoms with E-state index < -0.39 is 5.25 Å². The third-order valence-electron chi connectivity index (χ3n) is 3.90. The Hall–Kier alpha value is -3.06. The molecule has 0 aliphatic heterocycles. The van der Waals surface area contributed by atoms with Crippen LogP contribution in [0.5, 0.6) is 5.75 Å². The number of aromatic amines is 1. The summed E-state index contributed by atoms with van der Waals surface area (Å²) in [5, 5.41) is 8.43. The molecule has 6 nitrogen and oxygen atoms in total. The van der Waals surface area contributed by atoms with Crippen LogP contribution < -0.4 is 10.3 Å². The zero-order valence-electron chi connectivity index (χ0n) is 13.6. The highest BCUT2D eigenvalue weighted by Gasteiger charge is 2.20. The Labute approximate surface area is 154 Å². The molecule has 2 heterocycles. The van der Waals surface area contributed by atoms with Gasteiger partial charge < -0.3 is 14.1 Å². The second kappa shape index (κ2) is 7.05. The van der Waals surface area contributed by atoms with Crippen LogP contribution in [-0.2, 0) is 6.61 Å². The number of pyridine rings is 1. The van der Waals surface area contributed by atoms with Gasteiger partial charge in [0, 0.05) is 17.0 Å². The smallest absolute Gasteiger partial charge is 0.253 e. The van der Waals surface area contributed by atoms with E-state index in [1.54, 1.807) is 0 Å². The van der Waals surface area contributed by atoms with Gasteiger partial charge in [-0.25, -0.2) is 0 Å². The fourth-order valence-corrected chi connectivity index (χ4v) is 3.01. The molecule has 0 radical (unpaired) electrons. The number of H-pyrrole nitrogens is 1. The first kappa shape index (κ1) is 16.4. The van der Waals surface area contributed by atoms with E-state index in [0.29, 0.717) is 17.3 Å². The molecule has 0 amide bonds. The average Bonchev–Trinajstić information content (AvgIpc) is 3.15. The van der Waals surface area contributed by atoms with Crippen molar-refractivity contribution in [3.05, 3.63) is 88.4 Å². The predicted octanol–water partition coefficient (Wildman–Crippen LogP) is 3.51. The summed E-state index contributed by atoms with van der Waals surface area (Å²) in [4.78, 5) is 14.7. The molecule has 0 saturated heterocycles. The van der Waals surface area contributed by atoms with Crippen molar-refractivity contribution in [1.29, 1.82) is 0 Å². The van der Waals surface area contributed by atoms with Gasteiger partial charge in [-0.2, -0.15) is 12.6 Å². The van der Waals surface area contributed by atoms with Crippen molar-refractivity contribution in [3.8, 4) is 5.75 Å². The van der Waals surface area contributed by atoms with E-state index in [1.165, 1.54) is 6.07 Å². The van der Waals surface area contributed by atoms with Crippen molar-refractivity contribution < 1.29 is 9.15 Å². The molecular weight excluding hydrogens is 350 g/mol. The summed E-state index contributed by atoms with van der Waals surface area (Å²) in [6.07, 6.45) is 0. The average molecular weight is 365 g/mol. The number of para-hydroxylation sites is 2. The summed E-state index contributed by atoms with van der Waals surface area (Å²) in [6, 6.07) is 18.4. The van der Waals surface area contributed by atoms with Crippen LogP contribution in [0.1, 0.15) is 22.6 Å². The molecular formula is C19H15N3O3S. The summed E-state index contributed by atoms with van der Waals surface area (Å²) >= 11 is 4.59. The van der Waals surface area contributed by atoms with Crippen LogP contribution in [0, 0.1) is 0 Å². The first-order chi connectivity index (χ1) is 12.7. The molecule has 0 aliphatic rings.